The Hall–Kier alpha value is -1.000. The van der Waals surface area contributed by atoms with Crippen molar-refractivity contribution < 1.29 is 14.2 Å². The molecule has 1 aromatic carbocycles. The van der Waals surface area contributed by atoms with E-state index < -0.39 is 5.82 Å². The number of phenols is 1. The number of nitrogens with two attached hydrogens (primary N) is 1. The first-order chi connectivity index (χ1) is 7.10. The maximum atomic E-state index is 13.1. The fourth-order valence-corrected chi connectivity index (χ4v) is 1.50. The van der Waals surface area contributed by atoms with Gasteiger partial charge >= 0.3 is 0 Å². The molecule has 0 aliphatic heterocycles. The Labute approximate surface area is 101 Å². The monoisotopic (exact) mass is 249 g/mol. The first-order valence-electron chi connectivity index (χ1n) is 4.92. The van der Waals surface area contributed by atoms with Crippen LogP contribution in [-0.2, 0) is 0 Å². The molecule has 3 N–H and O–H groups in total. The molecule has 1 atom stereocenters. The summed E-state index contributed by atoms with van der Waals surface area (Å²) in [5.74, 6) is -0.400. The van der Waals surface area contributed by atoms with Gasteiger partial charge in [0.05, 0.1) is 7.11 Å². The number of phenolic OH excluding ortho intramolecular Hbond substituents is 1. The van der Waals surface area contributed by atoms with Gasteiger partial charge in [-0.15, -0.1) is 12.4 Å². The van der Waals surface area contributed by atoms with Crippen molar-refractivity contribution in [2.24, 2.45) is 5.73 Å². The summed E-state index contributed by atoms with van der Waals surface area (Å²) in [6, 6.07) is 2.02. The minimum atomic E-state index is -0.453. The van der Waals surface area contributed by atoms with Gasteiger partial charge in [0.15, 0.2) is 11.5 Å². The summed E-state index contributed by atoms with van der Waals surface area (Å²) in [7, 11) is 1.38. The Morgan fingerprint density at radius 1 is 1.50 bits per heavy atom. The van der Waals surface area contributed by atoms with Gasteiger partial charge in [-0.05, 0) is 12.5 Å². The molecule has 0 amide bonds. The van der Waals surface area contributed by atoms with Gasteiger partial charge in [0.1, 0.15) is 5.82 Å². The van der Waals surface area contributed by atoms with Crippen molar-refractivity contribution in [1.82, 2.24) is 0 Å². The highest BCUT2D eigenvalue weighted by Gasteiger charge is 2.15. The van der Waals surface area contributed by atoms with Gasteiger partial charge in [-0.3, -0.25) is 0 Å². The van der Waals surface area contributed by atoms with Crippen LogP contribution >= 0.6 is 12.4 Å². The lowest BCUT2D eigenvalue weighted by molar-refractivity contribution is 0.364. The Kier molecular flexibility index (Phi) is 6.14. The van der Waals surface area contributed by atoms with Gasteiger partial charge in [0.2, 0.25) is 0 Å². The molecule has 0 saturated heterocycles. The zero-order valence-corrected chi connectivity index (χ0v) is 10.2. The SMILES string of the molecule is CCC[C@@H](N)c1cc(F)cc(OC)c1O.Cl. The number of hydrogen-bond donors (Lipinski definition) is 2. The average Bonchev–Trinajstić information content (AvgIpc) is 2.21. The highest BCUT2D eigenvalue weighted by Crippen LogP contribution is 2.35. The van der Waals surface area contributed by atoms with E-state index in [1.807, 2.05) is 6.92 Å². The molecule has 16 heavy (non-hydrogen) atoms. The normalized spacial score (nSPS) is 11.8. The van der Waals surface area contributed by atoms with E-state index >= 15 is 0 Å². The number of aromatic hydroxyl groups is 1. The topological polar surface area (TPSA) is 55.5 Å². The predicted octanol–water partition coefficient (Wildman–Crippen LogP) is 2.76. The van der Waals surface area contributed by atoms with Gasteiger partial charge in [-0.25, -0.2) is 4.39 Å². The minimum absolute atomic E-state index is 0. The Morgan fingerprint density at radius 2 is 2.12 bits per heavy atom. The van der Waals surface area contributed by atoms with Crippen LogP contribution in [0, 0.1) is 5.82 Å². The number of ether oxygens (including phenoxy) is 1. The molecule has 0 fully saturated rings. The first-order valence-corrected chi connectivity index (χ1v) is 4.92. The van der Waals surface area contributed by atoms with Gasteiger partial charge in [0, 0.05) is 17.7 Å². The maximum absolute atomic E-state index is 13.1. The van der Waals surface area contributed by atoms with E-state index in [2.05, 4.69) is 0 Å². The maximum Gasteiger partial charge on any atom is 0.163 e. The van der Waals surface area contributed by atoms with Crippen LogP contribution in [0.2, 0.25) is 0 Å². The van der Waals surface area contributed by atoms with Gasteiger partial charge in [-0.1, -0.05) is 13.3 Å². The van der Waals surface area contributed by atoms with Crippen molar-refractivity contribution in [2.75, 3.05) is 7.11 Å². The molecule has 5 heteroatoms. The van der Waals surface area contributed by atoms with Crippen molar-refractivity contribution in [1.29, 1.82) is 0 Å². The standard InChI is InChI=1S/C11H16FNO2.ClH/c1-3-4-9(13)8-5-7(12)6-10(15-2)11(8)14;/h5-6,9,14H,3-4,13H2,1-2H3;1H/t9-;/m1./s1. The number of benzene rings is 1. The third kappa shape index (κ3) is 3.25. The third-order valence-electron chi connectivity index (χ3n) is 2.29. The minimum Gasteiger partial charge on any atom is -0.504 e. The summed E-state index contributed by atoms with van der Waals surface area (Å²) in [6.45, 7) is 1.98. The van der Waals surface area contributed by atoms with Gasteiger partial charge < -0.3 is 15.6 Å². The summed E-state index contributed by atoms with van der Waals surface area (Å²) in [5, 5.41) is 9.74. The lowest BCUT2D eigenvalue weighted by Gasteiger charge is -2.14. The van der Waals surface area contributed by atoms with Crippen LogP contribution < -0.4 is 10.5 Å². The van der Waals surface area contributed by atoms with E-state index in [1.54, 1.807) is 0 Å². The van der Waals surface area contributed by atoms with Crippen LogP contribution in [0.5, 0.6) is 11.5 Å². The zero-order valence-electron chi connectivity index (χ0n) is 9.37. The highest BCUT2D eigenvalue weighted by atomic mass is 35.5. The van der Waals surface area contributed by atoms with Crippen LogP contribution in [0.4, 0.5) is 4.39 Å². The molecule has 1 rings (SSSR count). The summed E-state index contributed by atoms with van der Waals surface area (Å²) in [5.41, 5.74) is 6.21. The summed E-state index contributed by atoms with van der Waals surface area (Å²) < 4.78 is 18.0. The lowest BCUT2D eigenvalue weighted by atomic mass is 10.0. The second-order valence-corrected chi connectivity index (χ2v) is 3.44. The molecule has 0 spiro atoms. The molecule has 0 saturated carbocycles. The van der Waals surface area contributed by atoms with Crippen LogP contribution in [0.15, 0.2) is 12.1 Å². The lowest BCUT2D eigenvalue weighted by Crippen LogP contribution is -2.10. The fraction of sp³-hybridized carbons (Fsp3) is 0.455. The van der Waals surface area contributed by atoms with E-state index in [-0.39, 0.29) is 29.9 Å². The Balaban J connectivity index is 0.00000225. The molecule has 0 aromatic heterocycles. The number of methoxy groups -OCH3 is 1. The van der Waals surface area contributed by atoms with Crippen molar-refractivity contribution in [2.45, 2.75) is 25.8 Å². The van der Waals surface area contributed by atoms with Crippen LogP contribution in [0.25, 0.3) is 0 Å². The zero-order chi connectivity index (χ0) is 11.4. The van der Waals surface area contributed by atoms with Gasteiger partial charge in [-0.2, -0.15) is 0 Å². The summed E-state index contributed by atoms with van der Waals surface area (Å²) in [4.78, 5) is 0. The summed E-state index contributed by atoms with van der Waals surface area (Å²) in [6.07, 6.45) is 1.57. The molecule has 0 heterocycles. The molecule has 92 valence electrons. The second-order valence-electron chi connectivity index (χ2n) is 3.44. The smallest absolute Gasteiger partial charge is 0.163 e. The Morgan fingerprint density at radius 3 is 2.62 bits per heavy atom. The quantitative estimate of drug-likeness (QED) is 0.863. The predicted molar refractivity (Wildman–Crippen MR) is 63.7 cm³/mol. The molecular formula is C11H17ClFNO2. The van der Waals surface area contributed by atoms with E-state index in [1.165, 1.54) is 13.2 Å². The molecule has 0 aliphatic carbocycles. The van der Waals surface area contributed by atoms with E-state index in [4.69, 9.17) is 10.5 Å². The molecule has 0 bridgehead atoms. The van der Waals surface area contributed by atoms with Crippen LogP contribution in [-0.4, -0.2) is 12.2 Å². The third-order valence-corrected chi connectivity index (χ3v) is 2.29. The fourth-order valence-electron chi connectivity index (χ4n) is 1.50. The number of hydrogen-bond acceptors (Lipinski definition) is 3. The molecule has 0 unspecified atom stereocenters. The van der Waals surface area contributed by atoms with Crippen molar-refractivity contribution in [3.05, 3.63) is 23.5 Å². The Bertz CT molecular complexity index is 347. The molecule has 1 aromatic rings. The van der Waals surface area contributed by atoms with Crippen molar-refractivity contribution in [3.63, 3.8) is 0 Å². The van der Waals surface area contributed by atoms with Crippen LogP contribution in [0.3, 0.4) is 0 Å². The molecule has 3 nitrogen and oxygen atoms in total. The first kappa shape index (κ1) is 15.0. The average molecular weight is 250 g/mol. The van der Waals surface area contributed by atoms with Gasteiger partial charge in [0.25, 0.3) is 0 Å². The molecule has 0 radical (unpaired) electrons. The number of halogens is 2. The van der Waals surface area contributed by atoms with E-state index in [9.17, 15) is 9.50 Å². The molecule has 0 aliphatic rings. The second kappa shape index (κ2) is 6.55. The summed E-state index contributed by atoms with van der Waals surface area (Å²) >= 11 is 0. The van der Waals surface area contributed by atoms with E-state index in [0.717, 1.165) is 12.5 Å². The largest absolute Gasteiger partial charge is 0.504 e. The van der Waals surface area contributed by atoms with Crippen LogP contribution in [0.1, 0.15) is 31.4 Å². The van der Waals surface area contributed by atoms with E-state index in [0.29, 0.717) is 12.0 Å². The molecular weight excluding hydrogens is 233 g/mol. The van der Waals surface area contributed by atoms with Crippen molar-refractivity contribution >= 4 is 12.4 Å². The highest BCUT2D eigenvalue weighted by molar-refractivity contribution is 5.85. The number of rotatable bonds is 4. The van der Waals surface area contributed by atoms with Crippen molar-refractivity contribution in [3.8, 4) is 11.5 Å².